The molecule has 0 unspecified atom stereocenters. The Morgan fingerprint density at radius 2 is 1.95 bits per heavy atom. The van der Waals surface area contributed by atoms with Crippen LogP contribution in [0.25, 0.3) is 0 Å². The minimum atomic E-state index is -0.520. The summed E-state index contributed by atoms with van der Waals surface area (Å²) in [6.07, 6.45) is 0. The molecule has 0 saturated heterocycles. The Labute approximate surface area is 126 Å². The van der Waals surface area contributed by atoms with Crippen LogP contribution in [0.5, 0.6) is 11.5 Å². The van der Waals surface area contributed by atoms with Gasteiger partial charge in [0.05, 0.1) is 5.56 Å². The van der Waals surface area contributed by atoms with Gasteiger partial charge in [-0.05, 0) is 42.9 Å². The summed E-state index contributed by atoms with van der Waals surface area (Å²) in [5.74, 6) is 0.588. The number of ether oxygens (including phenoxy) is 1. The molecule has 0 aliphatic rings. The Kier molecular flexibility index (Phi) is 4.76. The van der Waals surface area contributed by atoms with E-state index in [2.05, 4.69) is 21.2 Å². The fourth-order valence-corrected chi connectivity index (χ4v) is 2.15. The summed E-state index contributed by atoms with van der Waals surface area (Å²) in [7, 11) is 1.89. The van der Waals surface area contributed by atoms with Crippen LogP contribution in [0.3, 0.4) is 0 Å². The van der Waals surface area contributed by atoms with Crippen LogP contribution < -0.4 is 15.8 Å². The number of primary amides is 1. The number of carbonyl (C=O) groups excluding carboxylic acids is 1. The van der Waals surface area contributed by atoms with Crippen molar-refractivity contribution in [3.63, 3.8) is 0 Å². The van der Waals surface area contributed by atoms with Crippen LogP contribution in [-0.4, -0.2) is 13.0 Å². The van der Waals surface area contributed by atoms with Crippen LogP contribution in [0.2, 0.25) is 0 Å². The molecule has 0 saturated carbocycles. The smallest absolute Gasteiger partial charge is 0.252 e. The van der Waals surface area contributed by atoms with Crippen molar-refractivity contribution < 1.29 is 9.53 Å². The van der Waals surface area contributed by atoms with Gasteiger partial charge in [0.25, 0.3) is 5.91 Å². The number of rotatable bonds is 5. The lowest BCUT2D eigenvalue weighted by Gasteiger charge is -2.10. The van der Waals surface area contributed by atoms with E-state index in [9.17, 15) is 4.79 Å². The first-order chi connectivity index (χ1) is 9.60. The Balaban J connectivity index is 2.23. The summed E-state index contributed by atoms with van der Waals surface area (Å²) in [5, 5.41) is 3.08. The second kappa shape index (κ2) is 6.54. The van der Waals surface area contributed by atoms with Crippen LogP contribution in [0.1, 0.15) is 15.9 Å². The molecule has 2 aromatic rings. The molecule has 104 valence electrons. The third-order valence-electron chi connectivity index (χ3n) is 2.74. The van der Waals surface area contributed by atoms with E-state index >= 15 is 0 Å². The predicted molar refractivity (Wildman–Crippen MR) is 81.9 cm³/mol. The van der Waals surface area contributed by atoms with Gasteiger partial charge in [0.1, 0.15) is 11.5 Å². The lowest BCUT2D eigenvalue weighted by molar-refractivity contribution is 0.0998. The zero-order valence-electron chi connectivity index (χ0n) is 11.0. The van der Waals surface area contributed by atoms with Crippen molar-refractivity contribution in [2.24, 2.45) is 5.73 Å². The Morgan fingerprint density at radius 3 is 2.55 bits per heavy atom. The molecule has 0 fully saturated rings. The zero-order valence-corrected chi connectivity index (χ0v) is 12.6. The average molecular weight is 335 g/mol. The maximum absolute atomic E-state index is 11.4. The van der Waals surface area contributed by atoms with E-state index in [1.165, 1.54) is 0 Å². The van der Waals surface area contributed by atoms with E-state index in [-0.39, 0.29) is 0 Å². The summed E-state index contributed by atoms with van der Waals surface area (Å²) < 4.78 is 6.50. The highest BCUT2D eigenvalue weighted by Crippen LogP contribution is 2.28. The molecule has 4 nitrogen and oxygen atoms in total. The highest BCUT2D eigenvalue weighted by Gasteiger charge is 2.11. The molecule has 0 atom stereocenters. The Bertz CT molecular complexity index is 612. The van der Waals surface area contributed by atoms with E-state index in [4.69, 9.17) is 10.5 Å². The second-order valence-corrected chi connectivity index (χ2v) is 5.20. The third-order valence-corrected chi connectivity index (χ3v) is 3.23. The standard InChI is InChI=1S/C15H15BrN2O2/c1-18-9-10-2-5-12(6-3-10)20-14-7-4-11(16)8-13(14)15(17)19/h2-8,18H,9H2,1H3,(H2,17,19). The number of carbonyl (C=O) groups is 1. The number of hydrogen-bond donors (Lipinski definition) is 2. The normalized spacial score (nSPS) is 10.3. The highest BCUT2D eigenvalue weighted by atomic mass is 79.9. The molecule has 0 aliphatic carbocycles. The number of benzene rings is 2. The summed E-state index contributed by atoms with van der Waals surface area (Å²) in [5.41, 5.74) is 6.86. The molecule has 3 N–H and O–H groups in total. The Morgan fingerprint density at radius 1 is 1.25 bits per heavy atom. The van der Waals surface area contributed by atoms with Gasteiger partial charge in [0, 0.05) is 11.0 Å². The largest absolute Gasteiger partial charge is 0.457 e. The van der Waals surface area contributed by atoms with Gasteiger partial charge >= 0.3 is 0 Å². The average Bonchev–Trinajstić information content (AvgIpc) is 2.43. The zero-order chi connectivity index (χ0) is 14.5. The molecular formula is C15H15BrN2O2. The quantitative estimate of drug-likeness (QED) is 0.883. The summed E-state index contributed by atoms with van der Waals surface area (Å²) in [6.45, 7) is 0.797. The molecule has 0 aliphatic heterocycles. The number of amides is 1. The first-order valence-electron chi connectivity index (χ1n) is 6.11. The summed E-state index contributed by atoms with van der Waals surface area (Å²) >= 11 is 3.31. The minimum absolute atomic E-state index is 0.346. The molecule has 0 heterocycles. The van der Waals surface area contributed by atoms with Gasteiger partial charge in [-0.25, -0.2) is 0 Å². The first kappa shape index (κ1) is 14.6. The van der Waals surface area contributed by atoms with Gasteiger partial charge in [-0.2, -0.15) is 0 Å². The highest BCUT2D eigenvalue weighted by molar-refractivity contribution is 9.10. The van der Waals surface area contributed by atoms with Crippen LogP contribution in [0.4, 0.5) is 0 Å². The van der Waals surface area contributed by atoms with E-state index in [0.717, 1.165) is 16.6 Å². The molecule has 0 radical (unpaired) electrons. The Hall–Kier alpha value is -1.85. The van der Waals surface area contributed by atoms with Gasteiger partial charge in [-0.15, -0.1) is 0 Å². The predicted octanol–water partition coefficient (Wildman–Crippen LogP) is 3.06. The van der Waals surface area contributed by atoms with Crippen LogP contribution >= 0.6 is 15.9 Å². The fourth-order valence-electron chi connectivity index (χ4n) is 1.79. The van der Waals surface area contributed by atoms with Crippen molar-refractivity contribution in [3.05, 3.63) is 58.1 Å². The van der Waals surface area contributed by atoms with Crippen molar-refractivity contribution in [2.45, 2.75) is 6.54 Å². The maximum Gasteiger partial charge on any atom is 0.252 e. The second-order valence-electron chi connectivity index (χ2n) is 4.28. The van der Waals surface area contributed by atoms with Gasteiger partial charge in [0.15, 0.2) is 0 Å². The lowest BCUT2D eigenvalue weighted by Crippen LogP contribution is -2.12. The summed E-state index contributed by atoms with van der Waals surface area (Å²) in [4.78, 5) is 11.4. The first-order valence-corrected chi connectivity index (χ1v) is 6.90. The molecule has 0 bridgehead atoms. The van der Waals surface area contributed by atoms with Crippen molar-refractivity contribution in [1.82, 2.24) is 5.32 Å². The monoisotopic (exact) mass is 334 g/mol. The van der Waals surface area contributed by atoms with Crippen molar-refractivity contribution >= 4 is 21.8 Å². The molecule has 0 spiro atoms. The van der Waals surface area contributed by atoms with Crippen molar-refractivity contribution in [2.75, 3.05) is 7.05 Å². The molecule has 20 heavy (non-hydrogen) atoms. The number of nitrogens with one attached hydrogen (secondary N) is 1. The van der Waals surface area contributed by atoms with Crippen LogP contribution in [-0.2, 0) is 6.54 Å². The maximum atomic E-state index is 11.4. The van der Waals surface area contributed by atoms with Crippen LogP contribution in [0, 0.1) is 0 Å². The van der Waals surface area contributed by atoms with E-state index < -0.39 is 5.91 Å². The number of halogens is 1. The van der Waals surface area contributed by atoms with E-state index in [1.54, 1.807) is 18.2 Å². The molecule has 5 heteroatoms. The summed E-state index contributed by atoms with van der Waals surface area (Å²) in [6, 6.07) is 12.8. The topological polar surface area (TPSA) is 64.3 Å². The van der Waals surface area contributed by atoms with E-state index in [1.807, 2.05) is 31.3 Å². The van der Waals surface area contributed by atoms with Gasteiger partial charge < -0.3 is 15.8 Å². The molecule has 2 rings (SSSR count). The third kappa shape index (κ3) is 3.59. The number of nitrogens with two attached hydrogens (primary N) is 1. The molecule has 1 amide bonds. The SMILES string of the molecule is CNCc1ccc(Oc2ccc(Br)cc2C(N)=O)cc1. The molecular weight excluding hydrogens is 320 g/mol. The minimum Gasteiger partial charge on any atom is -0.457 e. The van der Waals surface area contributed by atoms with Crippen molar-refractivity contribution in [3.8, 4) is 11.5 Å². The number of hydrogen-bond acceptors (Lipinski definition) is 3. The molecule has 2 aromatic carbocycles. The fraction of sp³-hybridized carbons (Fsp3) is 0.133. The van der Waals surface area contributed by atoms with E-state index in [0.29, 0.717) is 17.1 Å². The van der Waals surface area contributed by atoms with Gasteiger partial charge in [-0.1, -0.05) is 28.1 Å². The van der Waals surface area contributed by atoms with Crippen molar-refractivity contribution in [1.29, 1.82) is 0 Å². The molecule has 0 aromatic heterocycles. The lowest BCUT2D eigenvalue weighted by atomic mass is 10.2. The van der Waals surface area contributed by atoms with Gasteiger partial charge in [-0.3, -0.25) is 4.79 Å². The van der Waals surface area contributed by atoms with Gasteiger partial charge in [0.2, 0.25) is 0 Å². The van der Waals surface area contributed by atoms with Crippen LogP contribution in [0.15, 0.2) is 46.9 Å².